The zero-order valence-corrected chi connectivity index (χ0v) is 8.72. The van der Waals surface area contributed by atoms with E-state index in [-0.39, 0.29) is 29.4 Å². The van der Waals surface area contributed by atoms with Crippen molar-refractivity contribution in [1.29, 1.82) is 0 Å². The Bertz CT molecular complexity index is 329. The highest BCUT2D eigenvalue weighted by atomic mass is 35.5. The first kappa shape index (κ1) is 12.3. The van der Waals surface area contributed by atoms with Crippen molar-refractivity contribution in [2.75, 3.05) is 6.61 Å². The zero-order chi connectivity index (χ0) is 11.4. The molecule has 0 heterocycles. The Hall–Kier alpha value is -0.810. The number of aliphatic hydroxyl groups is 3. The first-order valence-corrected chi connectivity index (χ1v) is 4.89. The van der Waals surface area contributed by atoms with Gasteiger partial charge >= 0.3 is 0 Å². The third-order valence-electron chi connectivity index (χ3n) is 2.09. The van der Waals surface area contributed by atoms with E-state index in [1.54, 1.807) is 0 Å². The van der Waals surface area contributed by atoms with Gasteiger partial charge in [0.15, 0.2) is 0 Å². The summed E-state index contributed by atoms with van der Waals surface area (Å²) < 4.78 is 0. The summed E-state index contributed by atoms with van der Waals surface area (Å²) in [5.74, 6) is -0.0374. The van der Waals surface area contributed by atoms with Crippen molar-refractivity contribution in [2.24, 2.45) is 0 Å². The van der Waals surface area contributed by atoms with Crippen LogP contribution in [0.25, 0.3) is 0 Å². The smallest absolute Gasteiger partial charge is 0.116 e. The lowest BCUT2D eigenvalue weighted by Crippen LogP contribution is -2.19. The van der Waals surface area contributed by atoms with E-state index < -0.39 is 12.2 Å². The number of rotatable bonds is 4. The van der Waals surface area contributed by atoms with Crippen molar-refractivity contribution in [3.05, 3.63) is 28.8 Å². The second kappa shape index (κ2) is 5.32. The van der Waals surface area contributed by atoms with E-state index in [0.29, 0.717) is 0 Å². The first-order valence-electron chi connectivity index (χ1n) is 4.51. The molecule has 2 unspecified atom stereocenters. The lowest BCUT2D eigenvalue weighted by molar-refractivity contribution is 0.00418. The quantitative estimate of drug-likeness (QED) is 0.620. The van der Waals surface area contributed by atoms with Gasteiger partial charge in [-0.1, -0.05) is 11.6 Å². The summed E-state index contributed by atoms with van der Waals surface area (Å²) in [6, 6.07) is 4.10. The van der Waals surface area contributed by atoms with Crippen LogP contribution in [0.5, 0.6) is 5.75 Å². The van der Waals surface area contributed by atoms with Crippen molar-refractivity contribution in [3.63, 3.8) is 0 Å². The van der Waals surface area contributed by atoms with E-state index in [9.17, 15) is 15.3 Å². The van der Waals surface area contributed by atoms with Crippen LogP contribution in [0.15, 0.2) is 18.2 Å². The van der Waals surface area contributed by atoms with Crippen molar-refractivity contribution in [1.82, 2.24) is 0 Å². The van der Waals surface area contributed by atoms with Crippen LogP contribution in [-0.4, -0.2) is 33.1 Å². The molecule has 0 radical (unpaired) electrons. The fraction of sp³-hybridized carbons (Fsp3) is 0.400. The molecule has 1 rings (SSSR count). The normalized spacial score (nSPS) is 14.9. The van der Waals surface area contributed by atoms with Crippen LogP contribution in [0.2, 0.25) is 5.02 Å². The van der Waals surface area contributed by atoms with E-state index in [1.165, 1.54) is 18.2 Å². The molecule has 4 N–H and O–H groups in total. The number of aromatic hydroxyl groups is 1. The minimum Gasteiger partial charge on any atom is -0.508 e. The molecule has 1 aromatic rings. The summed E-state index contributed by atoms with van der Waals surface area (Å²) in [4.78, 5) is 0. The molecular formula is C10H13ClO4. The molecule has 1 aromatic carbocycles. The van der Waals surface area contributed by atoms with Gasteiger partial charge in [0.2, 0.25) is 0 Å². The Labute approximate surface area is 92.4 Å². The maximum absolute atomic E-state index is 9.67. The van der Waals surface area contributed by atoms with Gasteiger partial charge in [0.05, 0.1) is 6.10 Å². The third kappa shape index (κ3) is 3.07. The molecule has 84 valence electrons. The SMILES string of the molecule is OCCC(O)C(O)c1cc(O)ccc1Cl. The highest BCUT2D eigenvalue weighted by Crippen LogP contribution is 2.29. The van der Waals surface area contributed by atoms with Crippen LogP contribution >= 0.6 is 11.6 Å². The molecule has 0 saturated heterocycles. The molecule has 0 spiro atoms. The molecule has 5 heteroatoms. The summed E-state index contributed by atoms with van der Waals surface area (Å²) in [5.41, 5.74) is 0.248. The van der Waals surface area contributed by atoms with Crippen molar-refractivity contribution in [2.45, 2.75) is 18.6 Å². The van der Waals surface area contributed by atoms with Gasteiger partial charge in [-0.25, -0.2) is 0 Å². The Morgan fingerprint density at radius 2 is 1.93 bits per heavy atom. The minimum absolute atomic E-state index is 0.0374. The second-order valence-electron chi connectivity index (χ2n) is 3.23. The second-order valence-corrected chi connectivity index (χ2v) is 3.64. The molecule has 0 aromatic heterocycles. The van der Waals surface area contributed by atoms with Crippen LogP contribution in [0.1, 0.15) is 18.1 Å². The number of aliphatic hydroxyl groups excluding tert-OH is 3. The lowest BCUT2D eigenvalue weighted by Gasteiger charge is -2.18. The highest BCUT2D eigenvalue weighted by Gasteiger charge is 2.20. The molecule has 4 nitrogen and oxygen atoms in total. The van der Waals surface area contributed by atoms with E-state index in [1.807, 2.05) is 0 Å². The fourth-order valence-electron chi connectivity index (χ4n) is 1.26. The average Bonchev–Trinajstić information content (AvgIpc) is 2.21. The molecular weight excluding hydrogens is 220 g/mol. The number of phenolic OH excluding ortho intramolecular Hbond substituents is 1. The molecule has 0 aliphatic rings. The van der Waals surface area contributed by atoms with Gasteiger partial charge in [0.25, 0.3) is 0 Å². The number of benzene rings is 1. The van der Waals surface area contributed by atoms with E-state index >= 15 is 0 Å². The molecule has 2 atom stereocenters. The summed E-state index contributed by atoms with van der Waals surface area (Å²) in [6.45, 7) is -0.228. The monoisotopic (exact) mass is 232 g/mol. The molecule has 0 bridgehead atoms. The molecule has 0 aliphatic carbocycles. The number of hydrogen-bond donors (Lipinski definition) is 4. The maximum Gasteiger partial charge on any atom is 0.116 e. The van der Waals surface area contributed by atoms with Crippen molar-refractivity contribution < 1.29 is 20.4 Å². The van der Waals surface area contributed by atoms with Crippen LogP contribution in [0.4, 0.5) is 0 Å². The van der Waals surface area contributed by atoms with Gasteiger partial charge in [-0.3, -0.25) is 0 Å². The Balaban J connectivity index is 2.89. The first-order chi connectivity index (χ1) is 7.06. The van der Waals surface area contributed by atoms with Gasteiger partial charge in [0.1, 0.15) is 11.9 Å². The highest BCUT2D eigenvalue weighted by molar-refractivity contribution is 6.31. The summed E-state index contributed by atoms with van der Waals surface area (Å²) >= 11 is 5.79. The Morgan fingerprint density at radius 1 is 1.27 bits per heavy atom. The molecule has 0 saturated carbocycles. The van der Waals surface area contributed by atoms with Crippen LogP contribution < -0.4 is 0 Å². The van der Waals surface area contributed by atoms with Gasteiger partial charge in [-0.15, -0.1) is 0 Å². The van der Waals surface area contributed by atoms with Crippen LogP contribution in [-0.2, 0) is 0 Å². The summed E-state index contributed by atoms with van der Waals surface area (Å²) in [5, 5.41) is 37.2. The van der Waals surface area contributed by atoms with Crippen molar-refractivity contribution in [3.8, 4) is 5.75 Å². The standard InChI is InChI=1S/C10H13ClO4/c11-8-2-1-6(13)5-7(8)10(15)9(14)3-4-12/h1-2,5,9-10,12-15H,3-4H2. The van der Waals surface area contributed by atoms with Gasteiger partial charge < -0.3 is 20.4 Å². The number of phenols is 1. The minimum atomic E-state index is -1.21. The predicted molar refractivity (Wildman–Crippen MR) is 55.8 cm³/mol. The van der Waals surface area contributed by atoms with Crippen LogP contribution in [0.3, 0.4) is 0 Å². The number of hydrogen-bond acceptors (Lipinski definition) is 4. The predicted octanol–water partition coefficient (Wildman–Crippen LogP) is 0.822. The Kier molecular flexibility index (Phi) is 4.35. The van der Waals surface area contributed by atoms with Gasteiger partial charge in [-0.05, 0) is 24.6 Å². The number of halogens is 1. The molecule has 0 fully saturated rings. The van der Waals surface area contributed by atoms with Gasteiger partial charge in [0, 0.05) is 17.2 Å². The van der Waals surface area contributed by atoms with Crippen molar-refractivity contribution >= 4 is 11.6 Å². The molecule has 15 heavy (non-hydrogen) atoms. The third-order valence-corrected chi connectivity index (χ3v) is 2.43. The average molecular weight is 233 g/mol. The van der Waals surface area contributed by atoms with E-state index in [4.69, 9.17) is 16.7 Å². The summed E-state index contributed by atoms with van der Waals surface area (Å²) in [6.07, 6.45) is -2.27. The largest absolute Gasteiger partial charge is 0.508 e. The topological polar surface area (TPSA) is 80.9 Å². The lowest BCUT2D eigenvalue weighted by atomic mass is 10.0. The Morgan fingerprint density at radius 3 is 2.53 bits per heavy atom. The maximum atomic E-state index is 9.67. The van der Waals surface area contributed by atoms with Crippen LogP contribution in [0, 0.1) is 0 Å². The molecule has 0 aliphatic heterocycles. The zero-order valence-electron chi connectivity index (χ0n) is 7.97. The van der Waals surface area contributed by atoms with E-state index in [0.717, 1.165) is 0 Å². The molecule has 0 amide bonds. The van der Waals surface area contributed by atoms with Gasteiger partial charge in [-0.2, -0.15) is 0 Å². The summed E-state index contributed by atoms with van der Waals surface area (Å²) in [7, 11) is 0. The van der Waals surface area contributed by atoms with E-state index in [2.05, 4.69) is 0 Å². The fourth-order valence-corrected chi connectivity index (χ4v) is 1.48.